The highest BCUT2D eigenvalue weighted by Crippen LogP contribution is 2.47. The van der Waals surface area contributed by atoms with Crippen LogP contribution >= 0.6 is 11.3 Å². The summed E-state index contributed by atoms with van der Waals surface area (Å²) < 4.78 is 117. The molecule has 218 valence electrons. The van der Waals surface area contributed by atoms with Crippen LogP contribution in [0.1, 0.15) is 32.5 Å². The molecule has 4 aromatic rings. The fourth-order valence-electron chi connectivity index (χ4n) is 4.04. The van der Waals surface area contributed by atoms with Crippen molar-refractivity contribution >= 4 is 11.3 Å². The topological polar surface area (TPSA) is 78.5 Å². The fourth-order valence-corrected chi connectivity index (χ4v) is 5.21. The summed E-state index contributed by atoms with van der Waals surface area (Å²) in [7, 11) is 0. The number of hydrogen-bond acceptors (Lipinski definition) is 6. The van der Waals surface area contributed by atoms with Crippen LogP contribution in [0, 0.1) is 11.0 Å². The fraction of sp³-hybridized carbons (Fsp3) is 0.231. The van der Waals surface area contributed by atoms with Gasteiger partial charge in [-0.05, 0) is 47.4 Å². The molecule has 6 nitrogen and oxygen atoms in total. The second kappa shape index (κ2) is 11.9. The van der Waals surface area contributed by atoms with Crippen molar-refractivity contribution in [3.63, 3.8) is 0 Å². The second-order valence-electron chi connectivity index (χ2n) is 8.57. The summed E-state index contributed by atoms with van der Waals surface area (Å²) >= 11 is 0.444. The molecule has 0 saturated carbocycles. The second-order valence-corrected chi connectivity index (χ2v) is 9.63. The van der Waals surface area contributed by atoms with Crippen LogP contribution in [0.4, 0.5) is 35.1 Å². The van der Waals surface area contributed by atoms with Gasteiger partial charge in [-0.15, -0.1) is 11.3 Å². The molecule has 0 spiro atoms. The zero-order chi connectivity index (χ0) is 29.9. The highest BCUT2D eigenvalue weighted by atomic mass is 32.1. The molecule has 2 atom stereocenters. The number of ether oxygens (including phenoxy) is 2. The maximum absolute atomic E-state index is 14.2. The molecule has 0 amide bonds. The van der Waals surface area contributed by atoms with E-state index in [1.807, 2.05) is 0 Å². The number of thiazole rings is 1. The lowest BCUT2D eigenvalue weighted by molar-refractivity contribution is -0.605. The Bertz CT molecular complexity index is 1470. The van der Waals surface area contributed by atoms with Crippen molar-refractivity contribution < 1.29 is 54.4 Å². The van der Waals surface area contributed by atoms with Crippen LogP contribution in [0.3, 0.4) is 0 Å². The van der Waals surface area contributed by atoms with Crippen LogP contribution in [-0.2, 0) is 12.0 Å². The summed E-state index contributed by atoms with van der Waals surface area (Å²) in [5, 5.41) is 21.6. The van der Waals surface area contributed by atoms with Gasteiger partial charge in [0, 0.05) is 29.1 Å². The Kier molecular flexibility index (Phi) is 8.68. The summed E-state index contributed by atoms with van der Waals surface area (Å²) in [5.41, 5.74) is -3.71. The Hall–Kier alpha value is -3.98. The average molecular weight is 606 g/mol. The van der Waals surface area contributed by atoms with Crippen molar-refractivity contribution in [2.24, 2.45) is 0 Å². The summed E-state index contributed by atoms with van der Waals surface area (Å²) in [6, 6.07) is 8.99. The zero-order valence-electron chi connectivity index (χ0n) is 20.4. The Morgan fingerprint density at radius 1 is 0.902 bits per heavy atom. The molecular weight excluding hydrogens is 588 g/mol. The van der Waals surface area contributed by atoms with Gasteiger partial charge < -0.3 is 19.8 Å². The number of alkyl halides is 7. The van der Waals surface area contributed by atoms with Crippen LogP contribution in [0.15, 0.2) is 73.2 Å². The molecule has 0 aliphatic carbocycles. The molecule has 0 radical (unpaired) electrons. The summed E-state index contributed by atoms with van der Waals surface area (Å²) in [6.45, 7) is -6.78. The molecule has 1 N–H and O–H groups in total. The lowest BCUT2D eigenvalue weighted by Crippen LogP contribution is -2.43. The van der Waals surface area contributed by atoms with Crippen LogP contribution in [0.5, 0.6) is 11.5 Å². The zero-order valence-corrected chi connectivity index (χ0v) is 21.2. The standard InChI is InChI=1S/C26H18F8N2O4S/c27-17-4-2-16(3-5-17)25(37,26(32,33)34)22-35-13-21(41-22)18(11-14-7-9-36(38)10-8-14)15-1-6-19(39-23(28)29)20(12-15)40-24(30)31/h1-10,12-13,18,23-24,37H,11H2. The molecule has 4 rings (SSSR count). The molecule has 0 aliphatic rings. The first-order valence-electron chi connectivity index (χ1n) is 11.5. The van der Waals surface area contributed by atoms with Gasteiger partial charge in [-0.2, -0.15) is 35.5 Å². The lowest BCUT2D eigenvalue weighted by Gasteiger charge is -2.29. The molecule has 0 bridgehead atoms. The number of benzene rings is 2. The number of rotatable bonds is 10. The summed E-state index contributed by atoms with van der Waals surface area (Å²) in [5.74, 6) is -3.24. The first kappa shape index (κ1) is 30.0. The minimum atomic E-state index is -5.29. The van der Waals surface area contributed by atoms with Crippen LogP contribution < -0.4 is 14.2 Å². The van der Waals surface area contributed by atoms with E-state index in [0.29, 0.717) is 21.6 Å². The average Bonchev–Trinajstić information content (AvgIpc) is 3.38. The third kappa shape index (κ3) is 6.68. The van der Waals surface area contributed by atoms with E-state index in [-0.39, 0.29) is 16.9 Å². The first-order valence-corrected chi connectivity index (χ1v) is 12.3. The predicted molar refractivity (Wildman–Crippen MR) is 128 cm³/mol. The number of aliphatic hydroxyl groups is 1. The number of aromatic nitrogens is 2. The predicted octanol–water partition coefficient (Wildman–Crippen LogP) is 6.29. The summed E-state index contributed by atoms with van der Waals surface area (Å²) in [4.78, 5) is 3.91. The molecule has 2 aromatic carbocycles. The van der Waals surface area contributed by atoms with Gasteiger partial charge in [0.2, 0.25) is 5.60 Å². The van der Waals surface area contributed by atoms with E-state index in [0.717, 1.165) is 55.0 Å². The molecule has 2 aromatic heterocycles. The highest BCUT2D eigenvalue weighted by molar-refractivity contribution is 7.11. The van der Waals surface area contributed by atoms with Gasteiger partial charge in [0.15, 0.2) is 23.9 Å². The third-order valence-corrected chi connectivity index (χ3v) is 7.18. The van der Waals surface area contributed by atoms with Gasteiger partial charge in [0.1, 0.15) is 10.8 Å². The lowest BCUT2D eigenvalue weighted by atomic mass is 9.91. The third-order valence-electron chi connectivity index (χ3n) is 5.96. The quantitative estimate of drug-likeness (QED) is 0.130. The SMILES string of the molecule is [O-][n+]1ccc(CC(c2ccc(OC(F)F)c(OC(F)F)c2)c2cnc(C(O)(c3ccc(F)cc3)C(F)(F)F)s2)cc1. The van der Waals surface area contributed by atoms with E-state index < -0.39 is 58.8 Å². The Morgan fingerprint density at radius 2 is 1.51 bits per heavy atom. The molecule has 2 unspecified atom stereocenters. The van der Waals surface area contributed by atoms with Crippen molar-refractivity contribution in [1.82, 2.24) is 4.98 Å². The van der Waals surface area contributed by atoms with Crippen LogP contribution in [0.2, 0.25) is 0 Å². The largest absolute Gasteiger partial charge is 0.619 e. The van der Waals surface area contributed by atoms with Gasteiger partial charge >= 0.3 is 19.4 Å². The van der Waals surface area contributed by atoms with Crippen molar-refractivity contribution in [3.05, 3.63) is 111 Å². The van der Waals surface area contributed by atoms with Crippen molar-refractivity contribution in [3.8, 4) is 11.5 Å². The smallest absolute Gasteiger partial charge is 0.428 e. The van der Waals surface area contributed by atoms with E-state index in [9.17, 15) is 45.4 Å². The number of hydrogen-bond donors (Lipinski definition) is 1. The van der Waals surface area contributed by atoms with E-state index in [2.05, 4.69) is 14.5 Å². The van der Waals surface area contributed by atoms with Gasteiger partial charge in [0.05, 0.1) is 0 Å². The Labute approximate surface area is 230 Å². The summed E-state index contributed by atoms with van der Waals surface area (Å²) in [6.07, 6.45) is -1.95. The van der Waals surface area contributed by atoms with Crippen LogP contribution in [-0.4, -0.2) is 29.5 Å². The van der Waals surface area contributed by atoms with Crippen molar-refractivity contribution in [2.45, 2.75) is 37.3 Å². The molecule has 15 heteroatoms. The minimum absolute atomic E-state index is 0.0212. The van der Waals surface area contributed by atoms with Crippen LogP contribution in [0.25, 0.3) is 0 Å². The van der Waals surface area contributed by atoms with Crippen molar-refractivity contribution in [1.29, 1.82) is 0 Å². The van der Waals surface area contributed by atoms with Crippen molar-refractivity contribution in [2.75, 3.05) is 0 Å². The molecule has 0 saturated heterocycles. The first-order chi connectivity index (χ1) is 19.3. The molecule has 41 heavy (non-hydrogen) atoms. The number of halogens is 8. The molecule has 0 aliphatic heterocycles. The number of nitrogens with zero attached hydrogens (tertiary/aromatic N) is 2. The van der Waals surface area contributed by atoms with E-state index in [1.165, 1.54) is 18.2 Å². The molecule has 0 fully saturated rings. The van der Waals surface area contributed by atoms with Gasteiger partial charge in [-0.1, -0.05) is 18.2 Å². The van der Waals surface area contributed by atoms with Gasteiger partial charge in [0.25, 0.3) is 0 Å². The van der Waals surface area contributed by atoms with E-state index >= 15 is 0 Å². The van der Waals surface area contributed by atoms with E-state index in [4.69, 9.17) is 0 Å². The highest BCUT2D eigenvalue weighted by Gasteiger charge is 2.58. The normalized spacial score (nSPS) is 14.2. The molecule has 2 heterocycles. The van der Waals surface area contributed by atoms with Gasteiger partial charge in [-0.3, -0.25) is 0 Å². The molecular formula is C26H18F8N2O4S. The Balaban J connectivity index is 1.83. The number of pyridine rings is 1. The Morgan fingerprint density at radius 3 is 2.10 bits per heavy atom. The minimum Gasteiger partial charge on any atom is -0.619 e. The van der Waals surface area contributed by atoms with Gasteiger partial charge in [-0.25, -0.2) is 9.37 Å². The monoisotopic (exact) mass is 606 g/mol. The maximum atomic E-state index is 14.2. The van der Waals surface area contributed by atoms with E-state index in [1.54, 1.807) is 0 Å². The maximum Gasteiger partial charge on any atom is 0.428 e.